The number of carboxylic acid groups (broad SMARTS) is 1. The molecule has 1 aromatic heterocycles. The standard InChI is InChI=1S/C18H13ClN2O3S/c1-11-5-4-6-12(9-11)10-15(17(22)23)25-18-21-20-16(24-18)13-7-2-3-8-14(13)19/h2-10H,1H3,(H,22,23)/p-1/b15-10+. The molecule has 126 valence electrons. The third kappa shape index (κ3) is 4.29. The van der Waals surface area contributed by atoms with Crippen LogP contribution < -0.4 is 5.11 Å². The third-order valence-corrected chi connectivity index (χ3v) is 4.42. The number of thioether (sulfide) groups is 1. The molecule has 0 aliphatic heterocycles. The van der Waals surface area contributed by atoms with Crippen LogP contribution in [0.1, 0.15) is 11.1 Å². The summed E-state index contributed by atoms with van der Waals surface area (Å²) >= 11 is 6.93. The fourth-order valence-corrected chi connectivity index (χ4v) is 3.02. The molecule has 25 heavy (non-hydrogen) atoms. The zero-order valence-corrected chi connectivity index (χ0v) is 14.7. The van der Waals surface area contributed by atoms with Gasteiger partial charge in [-0.05, 0) is 42.5 Å². The number of aliphatic carboxylic acids is 1. The Morgan fingerprint density at radius 3 is 2.72 bits per heavy atom. The lowest BCUT2D eigenvalue weighted by atomic mass is 10.1. The van der Waals surface area contributed by atoms with Crippen molar-refractivity contribution >= 4 is 35.4 Å². The highest BCUT2D eigenvalue weighted by molar-refractivity contribution is 8.03. The number of aromatic nitrogens is 2. The van der Waals surface area contributed by atoms with Crippen LogP contribution in [0.5, 0.6) is 0 Å². The summed E-state index contributed by atoms with van der Waals surface area (Å²) < 4.78 is 5.52. The number of nitrogens with zero attached hydrogens (tertiary/aromatic N) is 2. The molecule has 0 atom stereocenters. The van der Waals surface area contributed by atoms with Gasteiger partial charge in [0.2, 0.25) is 5.89 Å². The normalized spacial score (nSPS) is 11.5. The van der Waals surface area contributed by atoms with Crippen LogP contribution in [0.25, 0.3) is 17.5 Å². The molecule has 0 saturated heterocycles. The smallest absolute Gasteiger partial charge is 0.281 e. The van der Waals surface area contributed by atoms with Gasteiger partial charge < -0.3 is 14.3 Å². The van der Waals surface area contributed by atoms with Crippen LogP contribution in [0.15, 0.2) is 63.1 Å². The van der Waals surface area contributed by atoms with Crippen molar-refractivity contribution in [2.45, 2.75) is 12.1 Å². The molecular formula is C18H12ClN2O3S-. The quantitative estimate of drug-likeness (QED) is 0.503. The summed E-state index contributed by atoms with van der Waals surface area (Å²) in [6, 6.07) is 14.5. The molecule has 5 nitrogen and oxygen atoms in total. The Morgan fingerprint density at radius 2 is 2.00 bits per heavy atom. The Labute approximate surface area is 153 Å². The summed E-state index contributed by atoms with van der Waals surface area (Å²) in [4.78, 5) is 11.4. The molecule has 0 radical (unpaired) electrons. The predicted molar refractivity (Wildman–Crippen MR) is 94.8 cm³/mol. The van der Waals surface area contributed by atoms with E-state index in [1.54, 1.807) is 30.3 Å². The zero-order valence-electron chi connectivity index (χ0n) is 13.1. The first-order valence-corrected chi connectivity index (χ1v) is 8.48. The monoisotopic (exact) mass is 371 g/mol. The first-order chi connectivity index (χ1) is 12.0. The number of halogens is 1. The van der Waals surface area contributed by atoms with E-state index in [-0.39, 0.29) is 16.0 Å². The molecule has 2 aromatic carbocycles. The molecule has 1 heterocycles. The van der Waals surface area contributed by atoms with Gasteiger partial charge in [-0.2, -0.15) is 0 Å². The third-order valence-electron chi connectivity index (χ3n) is 3.25. The average molecular weight is 372 g/mol. The minimum absolute atomic E-state index is 0.0278. The van der Waals surface area contributed by atoms with E-state index in [0.29, 0.717) is 10.6 Å². The minimum atomic E-state index is -1.32. The van der Waals surface area contributed by atoms with Crippen LogP contribution in [0.4, 0.5) is 0 Å². The van der Waals surface area contributed by atoms with Crippen molar-refractivity contribution in [3.05, 3.63) is 69.6 Å². The Kier molecular flexibility index (Phi) is 5.21. The van der Waals surface area contributed by atoms with Crippen molar-refractivity contribution < 1.29 is 14.3 Å². The Morgan fingerprint density at radius 1 is 1.20 bits per heavy atom. The lowest BCUT2D eigenvalue weighted by molar-refractivity contribution is -0.298. The summed E-state index contributed by atoms with van der Waals surface area (Å²) in [7, 11) is 0. The Hall–Kier alpha value is -2.57. The van der Waals surface area contributed by atoms with E-state index < -0.39 is 5.97 Å². The number of carbonyl (C=O) groups excluding carboxylic acids is 1. The van der Waals surface area contributed by atoms with Crippen LogP contribution in [0.2, 0.25) is 5.02 Å². The fraction of sp³-hybridized carbons (Fsp3) is 0.0556. The summed E-state index contributed by atoms with van der Waals surface area (Å²) in [5, 5.41) is 19.8. The maximum absolute atomic E-state index is 11.4. The predicted octanol–water partition coefficient (Wildman–Crippen LogP) is 3.58. The molecule has 0 fully saturated rings. The maximum Gasteiger partial charge on any atom is 0.281 e. The lowest BCUT2D eigenvalue weighted by Gasteiger charge is -2.06. The average Bonchev–Trinajstić information content (AvgIpc) is 3.03. The van der Waals surface area contributed by atoms with Crippen LogP contribution >= 0.6 is 23.4 Å². The Bertz CT molecular complexity index is 953. The number of rotatable bonds is 5. The second-order valence-corrected chi connectivity index (χ2v) is 6.57. The van der Waals surface area contributed by atoms with E-state index in [9.17, 15) is 9.90 Å². The summed E-state index contributed by atoms with van der Waals surface area (Å²) in [6.07, 6.45) is 1.51. The number of aryl methyl sites for hydroxylation is 1. The largest absolute Gasteiger partial charge is 0.544 e. The van der Waals surface area contributed by atoms with E-state index in [2.05, 4.69) is 10.2 Å². The molecule has 0 bridgehead atoms. The van der Waals surface area contributed by atoms with Crippen LogP contribution in [-0.4, -0.2) is 16.2 Å². The van der Waals surface area contributed by atoms with Gasteiger partial charge in [0.05, 0.1) is 16.6 Å². The van der Waals surface area contributed by atoms with Crippen molar-refractivity contribution in [2.24, 2.45) is 0 Å². The van der Waals surface area contributed by atoms with Gasteiger partial charge in [0.15, 0.2) is 0 Å². The second kappa shape index (κ2) is 7.55. The van der Waals surface area contributed by atoms with E-state index in [1.165, 1.54) is 6.08 Å². The van der Waals surface area contributed by atoms with Crippen molar-refractivity contribution in [3.8, 4) is 11.5 Å². The van der Waals surface area contributed by atoms with Gasteiger partial charge in [0.1, 0.15) is 0 Å². The molecule has 3 rings (SSSR count). The lowest BCUT2D eigenvalue weighted by Crippen LogP contribution is -2.23. The fourth-order valence-electron chi connectivity index (χ4n) is 2.13. The van der Waals surface area contributed by atoms with Gasteiger partial charge in [0.25, 0.3) is 5.22 Å². The number of benzene rings is 2. The Balaban J connectivity index is 1.87. The molecule has 0 aliphatic carbocycles. The number of carboxylic acids is 1. The van der Waals surface area contributed by atoms with Gasteiger partial charge in [-0.15, -0.1) is 10.2 Å². The SMILES string of the molecule is Cc1cccc(/C=C(/Sc2nnc(-c3ccccc3Cl)o2)C(=O)[O-])c1. The highest BCUT2D eigenvalue weighted by atomic mass is 35.5. The summed E-state index contributed by atoms with van der Waals surface area (Å²) in [5.74, 6) is -1.09. The van der Waals surface area contributed by atoms with Gasteiger partial charge in [0, 0.05) is 4.91 Å². The first kappa shape index (κ1) is 17.3. The molecule has 7 heteroatoms. The molecule has 0 saturated carbocycles. The second-order valence-electron chi connectivity index (χ2n) is 5.17. The van der Waals surface area contributed by atoms with Gasteiger partial charge >= 0.3 is 0 Å². The van der Waals surface area contributed by atoms with E-state index >= 15 is 0 Å². The van der Waals surface area contributed by atoms with Gasteiger partial charge in [-0.1, -0.05) is 53.6 Å². The highest BCUT2D eigenvalue weighted by Crippen LogP contribution is 2.32. The molecule has 0 amide bonds. The minimum Gasteiger partial charge on any atom is -0.544 e. The van der Waals surface area contributed by atoms with Gasteiger partial charge in [-0.25, -0.2) is 0 Å². The van der Waals surface area contributed by atoms with Crippen molar-refractivity contribution in [1.82, 2.24) is 10.2 Å². The molecule has 0 aliphatic rings. The summed E-state index contributed by atoms with van der Waals surface area (Å²) in [6.45, 7) is 1.93. The number of hydrogen-bond acceptors (Lipinski definition) is 6. The molecule has 0 spiro atoms. The maximum atomic E-state index is 11.4. The van der Waals surface area contributed by atoms with Crippen molar-refractivity contribution in [3.63, 3.8) is 0 Å². The topological polar surface area (TPSA) is 79.0 Å². The number of hydrogen-bond donors (Lipinski definition) is 0. The van der Waals surface area contributed by atoms with E-state index in [1.807, 2.05) is 25.1 Å². The zero-order chi connectivity index (χ0) is 17.8. The van der Waals surface area contributed by atoms with Gasteiger partial charge in [-0.3, -0.25) is 0 Å². The van der Waals surface area contributed by atoms with Crippen LogP contribution in [0, 0.1) is 6.92 Å². The molecular weight excluding hydrogens is 360 g/mol. The highest BCUT2D eigenvalue weighted by Gasteiger charge is 2.14. The first-order valence-electron chi connectivity index (χ1n) is 7.29. The van der Waals surface area contributed by atoms with Crippen LogP contribution in [0.3, 0.4) is 0 Å². The molecule has 0 unspecified atom stereocenters. The van der Waals surface area contributed by atoms with E-state index in [4.69, 9.17) is 16.0 Å². The molecule has 0 N–H and O–H groups in total. The molecule has 3 aromatic rings. The van der Waals surface area contributed by atoms with Crippen molar-refractivity contribution in [1.29, 1.82) is 0 Å². The number of carbonyl (C=O) groups is 1. The van der Waals surface area contributed by atoms with Crippen LogP contribution in [-0.2, 0) is 4.79 Å². The summed E-state index contributed by atoms with van der Waals surface area (Å²) in [5.41, 5.74) is 2.36. The van der Waals surface area contributed by atoms with E-state index in [0.717, 1.165) is 22.9 Å². The van der Waals surface area contributed by atoms with Crippen molar-refractivity contribution in [2.75, 3.05) is 0 Å².